The molecule has 5 heterocycles. The van der Waals surface area contributed by atoms with Crippen LogP contribution in [0, 0.1) is 17.0 Å². The van der Waals surface area contributed by atoms with Crippen molar-refractivity contribution < 1.29 is 13.6 Å². The first kappa shape index (κ1) is 23.1. The number of rotatable bonds is 4. The molecule has 0 radical (unpaired) electrons. The predicted molar refractivity (Wildman–Crippen MR) is 130 cm³/mol. The summed E-state index contributed by atoms with van der Waals surface area (Å²) in [7, 11) is 3.49. The highest BCUT2D eigenvalue weighted by Gasteiger charge is 2.54. The highest BCUT2D eigenvalue weighted by molar-refractivity contribution is 6.30. The number of nitrogens with zero attached hydrogens (tertiary/aromatic N) is 8. The third kappa shape index (κ3) is 3.86. The van der Waals surface area contributed by atoms with Gasteiger partial charge in [-0.05, 0) is 23.8 Å². The number of hydrogen-bond acceptors (Lipinski definition) is 7. The van der Waals surface area contributed by atoms with Crippen LogP contribution in [-0.4, -0.2) is 82.3 Å². The minimum absolute atomic E-state index is 0.00657. The maximum Gasteiger partial charge on any atom is 0.236 e. The van der Waals surface area contributed by atoms with E-state index >= 15 is 0 Å². The summed E-state index contributed by atoms with van der Waals surface area (Å²) in [5, 5.41) is 9.63. The molecule has 0 atom stereocenters. The smallest absolute Gasteiger partial charge is 0.236 e. The fourth-order valence-corrected chi connectivity index (χ4v) is 5.55. The number of pyridine rings is 1. The van der Waals surface area contributed by atoms with Gasteiger partial charge in [0, 0.05) is 63.3 Å². The zero-order valence-electron chi connectivity index (χ0n) is 20.0. The summed E-state index contributed by atoms with van der Waals surface area (Å²) in [6, 6.07) is 6.61. The van der Waals surface area contributed by atoms with Crippen LogP contribution in [-0.2, 0) is 17.9 Å². The van der Waals surface area contributed by atoms with Crippen LogP contribution in [0.2, 0.25) is 5.02 Å². The molecule has 3 aromatic rings. The number of fused-ring (bicyclic) bond motifs is 3. The lowest BCUT2D eigenvalue weighted by molar-refractivity contribution is -0.130. The Labute approximate surface area is 211 Å². The van der Waals surface area contributed by atoms with Crippen LogP contribution in [0.4, 0.5) is 20.5 Å². The van der Waals surface area contributed by atoms with Gasteiger partial charge in [0.2, 0.25) is 11.9 Å². The Morgan fingerprint density at radius 3 is 2.56 bits per heavy atom. The summed E-state index contributed by atoms with van der Waals surface area (Å²) in [5.41, 5.74) is 1.95. The molecule has 0 bridgehead atoms. The Morgan fingerprint density at radius 2 is 1.83 bits per heavy atom. The molecule has 2 fully saturated rings. The van der Waals surface area contributed by atoms with Gasteiger partial charge < -0.3 is 14.7 Å². The van der Waals surface area contributed by atoms with E-state index in [1.807, 2.05) is 28.0 Å². The molecule has 6 rings (SSSR count). The second kappa shape index (κ2) is 8.38. The highest BCUT2D eigenvalue weighted by Crippen LogP contribution is 2.44. The molecule has 2 saturated heterocycles. The molecule has 1 aromatic carbocycles. The van der Waals surface area contributed by atoms with Crippen LogP contribution in [0.5, 0.6) is 0 Å². The third-order valence-corrected chi connectivity index (χ3v) is 7.32. The molecule has 3 aliphatic heterocycles. The Hall–Kier alpha value is -3.31. The minimum Gasteiger partial charge on any atom is -0.353 e. The maximum atomic E-state index is 14.1. The fraction of sp³-hybridized carbons (Fsp3) is 0.417. The summed E-state index contributed by atoms with van der Waals surface area (Å²) in [5.74, 6) is 0.375. The average molecular weight is 515 g/mol. The summed E-state index contributed by atoms with van der Waals surface area (Å²) in [6.07, 6.45) is 1.04. The number of carbonyl (C=O) groups excluding carboxylic acids is 1. The van der Waals surface area contributed by atoms with Gasteiger partial charge in [0.25, 0.3) is 0 Å². The largest absolute Gasteiger partial charge is 0.353 e. The van der Waals surface area contributed by atoms with Gasteiger partial charge in [-0.2, -0.15) is 0 Å². The Kier molecular flexibility index (Phi) is 5.38. The molecule has 9 nitrogen and oxygen atoms in total. The zero-order chi connectivity index (χ0) is 25.2. The third-order valence-electron chi connectivity index (χ3n) is 7.09. The average Bonchev–Trinajstić information content (AvgIpc) is 3.09. The van der Waals surface area contributed by atoms with E-state index in [2.05, 4.69) is 24.6 Å². The zero-order valence-corrected chi connectivity index (χ0v) is 20.7. The second-order valence-corrected chi connectivity index (χ2v) is 10.6. The van der Waals surface area contributed by atoms with Crippen molar-refractivity contribution in [1.29, 1.82) is 0 Å². The number of halogens is 3. The monoisotopic (exact) mass is 514 g/mol. The first-order chi connectivity index (χ1) is 17.2. The highest BCUT2D eigenvalue weighted by atomic mass is 35.5. The summed E-state index contributed by atoms with van der Waals surface area (Å²) >= 11 is 6.32. The number of carbonyl (C=O) groups is 1. The van der Waals surface area contributed by atoms with Crippen LogP contribution in [0.3, 0.4) is 0 Å². The molecule has 0 aliphatic carbocycles. The molecule has 2 aromatic heterocycles. The molecule has 12 heteroatoms. The number of likely N-dealkylation sites (N-methyl/N-ethyl adjacent to an activating group) is 1. The molecule has 1 amide bonds. The Morgan fingerprint density at radius 1 is 1.08 bits per heavy atom. The standard InChI is InChI=1S/C24H25ClF2N8O/c1-31(2)21(36)10-32-8-15-5-16(25)3-4-19(15)35-20(9-32)29-30-23(35)34-13-24(14-34)11-33(12-24)22-18(27)6-17(26)7-28-22/h3-7H,8-14H2,1-2H3. The molecular weight excluding hydrogens is 490 g/mol. The van der Waals surface area contributed by atoms with Crippen molar-refractivity contribution in [1.82, 2.24) is 29.5 Å². The van der Waals surface area contributed by atoms with Crippen molar-refractivity contribution in [2.24, 2.45) is 5.41 Å². The number of anilines is 2. The van der Waals surface area contributed by atoms with Crippen LogP contribution >= 0.6 is 11.6 Å². The number of benzene rings is 1. The summed E-state index contributed by atoms with van der Waals surface area (Å²) < 4.78 is 29.4. The van der Waals surface area contributed by atoms with E-state index in [0.717, 1.165) is 48.4 Å². The van der Waals surface area contributed by atoms with Gasteiger partial charge in [-0.1, -0.05) is 11.6 Å². The molecule has 1 spiro atoms. The first-order valence-electron chi connectivity index (χ1n) is 11.7. The second-order valence-electron chi connectivity index (χ2n) is 10.1. The molecule has 0 unspecified atom stereocenters. The van der Waals surface area contributed by atoms with Crippen molar-refractivity contribution in [3.8, 4) is 5.69 Å². The summed E-state index contributed by atoms with van der Waals surface area (Å²) in [6.45, 7) is 4.08. The molecule has 0 saturated carbocycles. The lowest BCUT2D eigenvalue weighted by atomic mass is 9.73. The van der Waals surface area contributed by atoms with E-state index in [4.69, 9.17) is 11.6 Å². The van der Waals surface area contributed by atoms with Gasteiger partial charge >= 0.3 is 0 Å². The van der Waals surface area contributed by atoms with Crippen molar-refractivity contribution in [3.05, 3.63) is 58.5 Å². The fourth-order valence-electron chi connectivity index (χ4n) is 5.36. The van der Waals surface area contributed by atoms with Crippen LogP contribution in [0.25, 0.3) is 5.69 Å². The lowest BCUT2D eigenvalue weighted by Gasteiger charge is -2.60. The minimum atomic E-state index is -0.681. The topological polar surface area (TPSA) is 73.6 Å². The van der Waals surface area contributed by atoms with E-state index in [-0.39, 0.29) is 23.7 Å². The van der Waals surface area contributed by atoms with Crippen molar-refractivity contribution in [2.45, 2.75) is 13.1 Å². The number of amides is 1. The normalized spacial score (nSPS) is 18.2. The van der Waals surface area contributed by atoms with Gasteiger partial charge in [0.1, 0.15) is 5.82 Å². The van der Waals surface area contributed by atoms with E-state index in [0.29, 0.717) is 31.2 Å². The van der Waals surface area contributed by atoms with Gasteiger partial charge in [-0.15, -0.1) is 10.2 Å². The van der Waals surface area contributed by atoms with Gasteiger partial charge in [0.05, 0.1) is 25.0 Å². The molecule has 0 N–H and O–H groups in total. The molecule has 36 heavy (non-hydrogen) atoms. The maximum absolute atomic E-state index is 14.1. The Bertz CT molecular complexity index is 1350. The molecular formula is C24H25ClF2N8O. The number of aromatic nitrogens is 4. The van der Waals surface area contributed by atoms with Crippen LogP contribution in [0.1, 0.15) is 11.4 Å². The SMILES string of the molecule is CN(C)C(=O)CN1Cc2cc(Cl)ccc2-n2c(nnc2N2CC3(CN(c4ncc(F)cc4F)C3)C2)C1. The van der Waals surface area contributed by atoms with Crippen molar-refractivity contribution in [2.75, 3.05) is 56.6 Å². The predicted octanol–water partition coefficient (Wildman–Crippen LogP) is 2.32. The van der Waals surface area contributed by atoms with Gasteiger partial charge in [-0.3, -0.25) is 14.3 Å². The van der Waals surface area contributed by atoms with Gasteiger partial charge in [-0.25, -0.2) is 13.8 Å². The summed E-state index contributed by atoms with van der Waals surface area (Å²) in [4.78, 5) is 24.0. The van der Waals surface area contributed by atoms with E-state index < -0.39 is 11.6 Å². The molecule has 3 aliphatic rings. The Balaban J connectivity index is 1.23. The van der Waals surface area contributed by atoms with Crippen molar-refractivity contribution >= 4 is 29.3 Å². The van der Waals surface area contributed by atoms with E-state index in [1.165, 1.54) is 0 Å². The lowest BCUT2D eigenvalue weighted by Crippen LogP contribution is -2.73. The number of hydrogen-bond donors (Lipinski definition) is 0. The van der Waals surface area contributed by atoms with E-state index in [1.54, 1.807) is 19.0 Å². The molecule has 188 valence electrons. The van der Waals surface area contributed by atoms with E-state index in [9.17, 15) is 13.6 Å². The van der Waals surface area contributed by atoms with Crippen LogP contribution < -0.4 is 9.80 Å². The quantitative estimate of drug-likeness (QED) is 0.529. The van der Waals surface area contributed by atoms with Crippen molar-refractivity contribution in [3.63, 3.8) is 0 Å². The van der Waals surface area contributed by atoms with Crippen LogP contribution in [0.15, 0.2) is 30.5 Å². The first-order valence-corrected chi connectivity index (χ1v) is 12.1. The van der Waals surface area contributed by atoms with Gasteiger partial charge in [0.15, 0.2) is 17.5 Å².